The number of piperidine rings is 1. The van der Waals surface area contributed by atoms with Gasteiger partial charge in [-0.3, -0.25) is 9.59 Å². The highest BCUT2D eigenvalue weighted by Crippen LogP contribution is 2.18. The Kier molecular flexibility index (Phi) is 3.28. The van der Waals surface area contributed by atoms with E-state index in [0.29, 0.717) is 19.4 Å². The first-order valence-corrected chi connectivity index (χ1v) is 4.61. The van der Waals surface area contributed by atoms with Crippen LogP contribution < -0.4 is 5.32 Å². The first kappa shape index (κ1) is 10.0. The summed E-state index contributed by atoms with van der Waals surface area (Å²) in [4.78, 5) is 22.3. The number of hydrogen-bond donors (Lipinski definition) is 1. The summed E-state index contributed by atoms with van der Waals surface area (Å²) < 4.78 is 4.90. The molecule has 4 heteroatoms. The van der Waals surface area contributed by atoms with Gasteiger partial charge in [0.1, 0.15) is 0 Å². The van der Waals surface area contributed by atoms with Crippen LogP contribution in [0.25, 0.3) is 0 Å². The van der Waals surface area contributed by atoms with Crippen LogP contribution in [0.5, 0.6) is 0 Å². The van der Waals surface area contributed by atoms with Gasteiger partial charge in [-0.15, -0.1) is 0 Å². The Balaban J connectivity index is 2.50. The predicted octanol–water partition coefficient (Wildman–Crippen LogP) is 0.464. The van der Waals surface area contributed by atoms with Crippen molar-refractivity contribution in [2.75, 3.05) is 6.61 Å². The highest BCUT2D eigenvalue weighted by Gasteiger charge is 2.31. The molecule has 0 aromatic heterocycles. The van der Waals surface area contributed by atoms with Gasteiger partial charge in [0.2, 0.25) is 5.91 Å². The number of amides is 1. The third-order valence-corrected chi connectivity index (χ3v) is 2.26. The van der Waals surface area contributed by atoms with Crippen molar-refractivity contribution < 1.29 is 14.3 Å². The molecular weight excluding hydrogens is 170 g/mol. The molecule has 1 amide bonds. The average molecular weight is 185 g/mol. The van der Waals surface area contributed by atoms with Crippen molar-refractivity contribution in [3.8, 4) is 0 Å². The molecule has 0 aromatic rings. The number of carbonyl (C=O) groups is 2. The summed E-state index contributed by atoms with van der Waals surface area (Å²) in [5, 5.41) is 2.73. The van der Waals surface area contributed by atoms with Gasteiger partial charge < -0.3 is 10.1 Å². The van der Waals surface area contributed by atoms with Crippen LogP contribution in [0.15, 0.2) is 0 Å². The standard InChI is InChI=1S/C9H15NO3/c1-3-13-9(12)7-4-5-8(11)10-6(7)2/h6-7H,3-5H2,1-2H3,(H,10,11)/t6-,7-/m0/s1. The maximum Gasteiger partial charge on any atom is 0.311 e. The number of nitrogens with one attached hydrogen (secondary N) is 1. The molecule has 4 nitrogen and oxygen atoms in total. The Hall–Kier alpha value is -1.06. The Bertz CT molecular complexity index is 215. The minimum absolute atomic E-state index is 0.0213. The van der Waals surface area contributed by atoms with E-state index in [0.717, 1.165) is 0 Å². The van der Waals surface area contributed by atoms with E-state index in [4.69, 9.17) is 4.74 Å². The fraction of sp³-hybridized carbons (Fsp3) is 0.778. The molecule has 1 N–H and O–H groups in total. The number of carbonyl (C=O) groups excluding carboxylic acids is 2. The average Bonchev–Trinajstić information content (AvgIpc) is 2.04. The van der Waals surface area contributed by atoms with E-state index in [1.165, 1.54) is 0 Å². The van der Waals surface area contributed by atoms with Crippen molar-refractivity contribution in [3.05, 3.63) is 0 Å². The maximum absolute atomic E-state index is 11.3. The van der Waals surface area contributed by atoms with E-state index in [2.05, 4.69) is 5.32 Å². The largest absolute Gasteiger partial charge is 0.466 e. The second-order valence-electron chi connectivity index (χ2n) is 3.25. The Morgan fingerprint density at radius 3 is 2.92 bits per heavy atom. The summed E-state index contributed by atoms with van der Waals surface area (Å²) >= 11 is 0. The van der Waals surface area contributed by atoms with Crippen LogP contribution in [-0.4, -0.2) is 24.5 Å². The predicted molar refractivity (Wildman–Crippen MR) is 47.0 cm³/mol. The summed E-state index contributed by atoms with van der Waals surface area (Å²) in [6.45, 7) is 4.01. The number of rotatable bonds is 2. The zero-order valence-corrected chi connectivity index (χ0v) is 8.00. The zero-order chi connectivity index (χ0) is 9.84. The first-order valence-electron chi connectivity index (χ1n) is 4.61. The third kappa shape index (κ3) is 2.44. The SMILES string of the molecule is CCOC(=O)[C@H]1CCC(=O)N[C@H]1C. The van der Waals surface area contributed by atoms with Gasteiger partial charge in [-0.05, 0) is 20.3 Å². The van der Waals surface area contributed by atoms with Crippen LogP contribution in [0.2, 0.25) is 0 Å². The summed E-state index contributed by atoms with van der Waals surface area (Å²) in [7, 11) is 0. The Morgan fingerprint density at radius 1 is 1.69 bits per heavy atom. The van der Waals surface area contributed by atoms with Gasteiger partial charge >= 0.3 is 5.97 Å². The minimum Gasteiger partial charge on any atom is -0.466 e. The molecule has 0 spiro atoms. The van der Waals surface area contributed by atoms with E-state index in [9.17, 15) is 9.59 Å². The molecule has 0 bridgehead atoms. The second kappa shape index (κ2) is 4.25. The van der Waals surface area contributed by atoms with E-state index in [1.807, 2.05) is 6.92 Å². The minimum atomic E-state index is -0.199. The van der Waals surface area contributed by atoms with Crippen molar-refractivity contribution in [2.45, 2.75) is 32.7 Å². The molecule has 0 saturated carbocycles. The van der Waals surface area contributed by atoms with Gasteiger partial charge in [0, 0.05) is 12.5 Å². The van der Waals surface area contributed by atoms with Gasteiger partial charge in [0.05, 0.1) is 12.5 Å². The molecule has 2 atom stereocenters. The van der Waals surface area contributed by atoms with E-state index < -0.39 is 0 Å². The molecule has 1 rings (SSSR count). The van der Waals surface area contributed by atoms with Crippen molar-refractivity contribution in [1.82, 2.24) is 5.32 Å². The van der Waals surface area contributed by atoms with Gasteiger partial charge in [0.25, 0.3) is 0 Å². The highest BCUT2D eigenvalue weighted by molar-refractivity contribution is 5.81. The van der Waals surface area contributed by atoms with Crippen LogP contribution in [0.3, 0.4) is 0 Å². The monoisotopic (exact) mass is 185 g/mol. The Morgan fingerprint density at radius 2 is 2.38 bits per heavy atom. The molecule has 1 heterocycles. The zero-order valence-electron chi connectivity index (χ0n) is 8.00. The van der Waals surface area contributed by atoms with Crippen molar-refractivity contribution in [3.63, 3.8) is 0 Å². The summed E-state index contributed by atoms with van der Waals surface area (Å²) in [5.74, 6) is -0.347. The molecule has 1 aliphatic heterocycles. The molecule has 0 radical (unpaired) electrons. The maximum atomic E-state index is 11.3. The fourth-order valence-corrected chi connectivity index (χ4v) is 1.53. The van der Waals surface area contributed by atoms with Crippen molar-refractivity contribution >= 4 is 11.9 Å². The van der Waals surface area contributed by atoms with Gasteiger partial charge in [-0.25, -0.2) is 0 Å². The lowest BCUT2D eigenvalue weighted by Gasteiger charge is -2.27. The molecular formula is C9H15NO3. The highest BCUT2D eigenvalue weighted by atomic mass is 16.5. The second-order valence-corrected chi connectivity index (χ2v) is 3.25. The van der Waals surface area contributed by atoms with E-state index in [-0.39, 0.29) is 23.8 Å². The molecule has 1 aliphatic rings. The molecule has 1 fully saturated rings. The quantitative estimate of drug-likeness (QED) is 0.636. The fourth-order valence-electron chi connectivity index (χ4n) is 1.53. The van der Waals surface area contributed by atoms with Gasteiger partial charge in [0.15, 0.2) is 0 Å². The summed E-state index contributed by atoms with van der Waals surface area (Å²) in [6.07, 6.45) is 1.03. The smallest absolute Gasteiger partial charge is 0.311 e. The molecule has 0 aromatic carbocycles. The normalized spacial score (nSPS) is 28.0. The number of esters is 1. The van der Waals surface area contributed by atoms with Crippen molar-refractivity contribution in [1.29, 1.82) is 0 Å². The molecule has 74 valence electrons. The van der Waals surface area contributed by atoms with Crippen LogP contribution in [-0.2, 0) is 14.3 Å². The lowest BCUT2D eigenvalue weighted by Crippen LogP contribution is -2.46. The summed E-state index contributed by atoms with van der Waals surface area (Å²) in [6, 6.07) is -0.0969. The van der Waals surface area contributed by atoms with Crippen LogP contribution in [0, 0.1) is 5.92 Å². The molecule has 0 unspecified atom stereocenters. The summed E-state index contributed by atoms with van der Waals surface area (Å²) in [5.41, 5.74) is 0. The van der Waals surface area contributed by atoms with E-state index in [1.54, 1.807) is 6.92 Å². The number of ether oxygens (including phenoxy) is 1. The van der Waals surface area contributed by atoms with Gasteiger partial charge in [-0.2, -0.15) is 0 Å². The lowest BCUT2D eigenvalue weighted by atomic mass is 9.92. The number of hydrogen-bond acceptors (Lipinski definition) is 3. The first-order chi connectivity index (χ1) is 6.15. The van der Waals surface area contributed by atoms with Gasteiger partial charge in [-0.1, -0.05) is 0 Å². The topological polar surface area (TPSA) is 55.4 Å². The van der Waals surface area contributed by atoms with E-state index >= 15 is 0 Å². The van der Waals surface area contributed by atoms with Crippen LogP contribution in [0.4, 0.5) is 0 Å². The van der Waals surface area contributed by atoms with Crippen molar-refractivity contribution in [2.24, 2.45) is 5.92 Å². The Labute approximate surface area is 77.6 Å². The molecule has 0 aliphatic carbocycles. The van der Waals surface area contributed by atoms with Crippen LogP contribution in [0.1, 0.15) is 26.7 Å². The van der Waals surface area contributed by atoms with Crippen LogP contribution >= 0.6 is 0 Å². The third-order valence-electron chi connectivity index (χ3n) is 2.26. The molecule has 13 heavy (non-hydrogen) atoms. The lowest BCUT2D eigenvalue weighted by molar-refractivity contribution is -0.150. The molecule has 1 saturated heterocycles.